The summed E-state index contributed by atoms with van der Waals surface area (Å²) in [5, 5.41) is 14.1. The van der Waals surface area contributed by atoms with Gasteiger partial charge in [0.05, 0.1) is 28.9 Å². The van der Waals surface area contributed by atoms with E-state index in [-0.39, 0.29) is 23.0 Å². The molecule has 1 saturated carbocycles. The van der Waals surface area contributed by atoms with Gasteiger partial charge >= 0.3 is 12.1 Å². The molecule has 2 aromatic rings. The minimum atomic E-state index is -4.86. The molecule has 0 aromatic carbocycles. The van der Waals surface area contributed by atoms with E-state index in [0.29, 0.717) is 24.3 Å². The molecule has 13 heteroatoms. The molecule has 3 N–H and O–H groups in total. The summed E-state index contributed by atoms with van der Waals surface area (Å²) in [5.74, 6) is 1.15. The first kappa shape index (κ1) is 34.5. The number of primary amides is 1. The number of nitriles is 1. The predicted molar refractivity (Wildman–Crippen MR) is 153 cm³/mol. The lowest BCUT2D eigenvalue weighted by Gasteiger charge is -2.23. The van der Waals surface area contributed by atoms with Gasteiger partial charge in [0.15, 0.2) is 0 Å². The van der Waals surface area contributed by atoms with Gasteiger partial charge in [-0.2, -0.15) is 18.4 Å². The number of hydrogen-bond donors (Lipinski definition) is 2. The normalized spacial score (nSPS) is 19.5. The Morgan fingerprint density at radius 3 is 2.43 bits per heavy atom. The number of alkyl halides is 3. The first-order chi connectivity index (χ1) is 19.5. The molecule has 3 atom stereocenters. The van der Waals surface area contributed by atoms with Gasteiger partial charge in [-0.25, -0.2) is 0 Å². The molecule has 0 spiro atoms. The molecule has 3 amide bonds. The maximum atomic E-state index is 12.2. The van der Waals surface area contributed by atoms with Gasteiger partial charge < -0.3 is 20.7 Å². The van der Waals surface area contributed by atoms with E-state index in [1.165, 1.54) is 11.3 Å². The first-order valence-corrected chi connectivity index (χ1v) is 14.1. The number of aromatic nitrogens is 1. The summed E-state index contributed by atoms with van der Waals surface area (Å²) in [4.78, 5) is 37.9. The number of pyridine rings is 1. The van der Waals surface area contributed by atoms with Crippen LogP contribution in [-0.4, -0.2) is 59.1 Å². The number of hydrogen-bond acceptors (Lipinski definition) is 7. The minimum absolute atomic E-state index is 0.0454. The molecule has 9 nitrogen and oxygen atoms in total. The van der Waals surface area contributed by atoms with Crippen LogP contribution in [-0.2, 0) is 19.1 Å². The lowest BCUT2D eigenvalue weighted by molar-refractivity contribution is -0.169. The van der Waals surface area contributed by atoms with E-state index in [1.807, 2.05) is 23.3 Å². The zero-order valence-electron chi connectivity index (χ0n) is 24.2. The quantitative estimate of drug-likeness (QED) is 0.352. The molecule has 2 aliphatic rings. The van der Waals surface area contributed by atoms with Gasteiger partial charge in [0, 0.05) is 47.4 Å². The van der Waals surface area contributed by atoms with E-state index in [9.17, 15) is 22.8 Å². The lowest BCUT2D eigenvalue weighted by atomic mass is 9.84. The van der Waals surface area contributed by atoms with Crippen molar-refractivity contribution in [3.05, 3.63) is 28.9 Å². The Bertz CT molecular complexity index is 1360. The van der Waals surface area contributed by atoms with Crippen molar-refractivity contribution in [2.75, 3.05) is 13.1 Å². The first-order valence-electron chi connectivity index (χ1n) is 13.2. The van der Waals surface area contributed by atoms with E-state index < -0.39 is 18.1 Å². The van der Waals surface area contributed by atoms with Gasteiger partial charge in [-0.15, -0.1) is 17.8 Å². The Kier molecular flexibility index (Phi) is 11.5. The molecule has 228 valence electrons. The number of carbonyl (C=O) groups is 3. The molecule has 0 radical (unpaired) electrons. The number of carbonyl (C=O) groups excluding carboxylic acids is 3. The topological polar surface area (TPSA) is 138 Å². The van der Waals surface area contributed by atoms with Crippen molar-refractivity contribution in [3.63, 3.8) is 0 Å². The number of nitrogens with zero attached hydrogens (tertiary/aromatic N) is 3. The predicted octanol–water partition coefficient (Wildman–Crippen LogP) is 4.46. The number of amides is 3. The van der Waals surface area contributed by atoms with Crippen molar-refractivity contribution in [1.82, 2.24) is 15.2 Å². The smallest absolute Gasteiger partial charge is 0.372 e. The fourth-order valence-corrected chi connectivity index (χ4v) is 5.18. The highest BCUT2D eigenvalue weighted by molar-refractivity contribution is 7.17. The number of thiophene rings is 1. The average Bonchev–Trinajstić information content (AvgIpc) is 3.35. The number of rotatable bonds is 7. The Balaban J connectivity index is 0.000000241. The fourth-order valence-electron chi connectivity index (χ4n) is 4.28. The number of terminal acetylenes is 1. The minimum Gasteiger partial charge on any atom is -0.372 e. The molecule has 4 rings (SSSR count). The van der Waals surface area contributed by atoms with E-state index >= 15 is 0 Å². The summed E-state index contributed by atoms with van der Waals surface area (Å²) >= 11 is 1.47. The number of nitrogens with two attached hydrogens (primary N) is 1. The Hall–Kier alpha value is -3.68. The third kappa shape index (κ3) is 9.43. The highest BCUT2D eigenvalue weighted by Gasteiger charge is 2.42. The number of ether oxygens (including phenoxy) is 1. The highest BCUT2D eigenvalue weighted by atomic mass is 32.1. The van der Waals surface area contributed by atoms with E-state index in [0.717, 1.165) is 41.6 Å². The van der Waals surface area contributed by atoms with Crippen LogP contribution in [0.5, 0.6) is 0 Å². The molecule has 3 heterocycles. The maximum Gasteiger partial charge on any atom is 0.470 e. The summed E-state index contributed by atoms with van der Waals surface area (Å²) in [6.45, 7) is 12.7. The van der Waals surface area contributed by atoms with Crippen LogP contribution in [0.3, 0.4) is 0 Å². The van der Waals surface area contributed by atoms with E-state index in [4.69, 9.17) is 21.2 Å². The van der Waals surface area contributed by atoms with Crippen LogP contribution in [0.2, 0.25) is 0 Å². The monoisotopic (exact) mass is 607 g/mol. The molecular formula is C29H36F3N5O4S. The molecule has 1 aliphatic carbocycles. The second kappa shape index (κ2) is 14.0. The number of likely N-dealkylation sites (tertiary alicyclic amines) is 1. The fraction of sp³-hybridized carbons (Fsp3) is 0.552. The summed E-state index contributed by atoms with van der Waals surface area (Å²) < 4.78 is 38.9. The largest absolute Gasteiger partial charge is 0.470 e. The number of fused-ring (bicyclic) bond motifs is 1. The van der Waals surface area contributed by atoms with Crippen LogP contribution in [0.4, 0.5) is 13.2 Å². The third-order valence-corrected chi connectivity index (χ3v) is 8.22. The second-order valence-electron chi connectivity index (χ2n) is 11.4. The van der Waals surface area contributed by atoms with Crippen LogP contribution >= 0.6 is 11.3 Å². The van der Waals surface area contributed by atoms with Crippen molar-refractivity contribution in [2.24, 2.45) is 17.1 Å². The van der Waals surface area contributed by atoms with E-state index in [1.54, 1.807) is 12.4 Å². The summed E-state index contributed by atoms with van der Waals surface area (Å²) in [6.07, 6.45) is 7.14. The average molecular weight is 608 g/mol. The van der Waals surface area contributed by atoms with Gasteiger partial charge in [0.1, 0.15) is 6.04 Å². The molecule has 2 unspecified atom stereocenters. The van der Waals surface area contributed by atoms with Crippen molar-refractivity contribution < 1.29 is 32.3 Å². The van der Waals surface area contributed by atoms with Crippen LogP contribution in [0.1, 0.15) is 71.0 Å². The van der Waals surface area contributed by atoms with Gasteiger partial charge in [-0.3, -0.25) is 19.4 Å². The van der Waals surface area contributed by atoms with Crippen molar-refractivity contribution in [1.29, 1.82) is 5.26 Å². The zero-order chi connectivity index (χ0) is 31.9. The standard InChI is InChI=1S/C15H27NO2.C12H7N3OS.C2H2F3NO/c1-11-9-16(10-14(11,3)4)13(17)8-12(2)18-15(5)6-7-15;1-2-8-6-17-11-5-14-4-9(12(8)11)10(3-13)15-7-16;3-2(4,5)1(6)7/h11-12H,6-10H2,1-5H3;1,4-7,10H,(H,15,16);(H2,6,7)/t11?,12-;;/m1../s1. The maximum absolute atomic E-state index is 12.2. The molecule has 1 saturated heterocycles. The van der Waals surface area contributed by atoms with Crippen LogP contribution < -0.4 is 11.1 Å². The van der Waals surface area contributed by atoms with Crippen molar-refractivity contribution in [3.8, 4) is 18.4 Å². The Morgan fingerprint density at radius 1 is 1.36 bits per heavy atom. The van der Waals surface area contributed by atoms with E-state index in [2.05, 4.69) is 49.6 Å². The molecule has 0 bridgehead atoms. The van der Waals surface area contributed by atoms with Crippen LogP contribution in [0, 0.1) is 35.0 Å². The second-order valence-corrected chi connectivity index (χ2v) is 12.3. The third-order valence-electron chi connectivity index (χ3n) is 7.30. The zero-order valence-corrected chi connectivity index (χ0v) is 25.1. The number of nitrogens with one attached hydrogen (secondary N) is 1. The molecule has 2 aromatic heterocycles. The Morgan fingerprint density at radius 2 is 1.98 bits per heavy atom. The Labute approximate surface area is 247 Å². The SMILES string of the molecule is C#Cc1csc2cncc(C(C#N)NC=O)c12.CC1CN(C(=O)C[C@@H](C)OC2(C)CC2)CC1(C)C.NC(=O)C(F)(F)F. The van der Waals surface area contributed by atoms with Crippen LogP contribution in [0.25, 0.3) is 10.1 Å². The summed E-state index contributed by atoms with van der Waals surface area (Å²) in [5.41, 5.74) is 5.47. The summed E-state index contributed by atoms with van der Waals surface area (Å²) in [7, 11) is 0. The molecular weight excluding hydrogens is 571 g/mol. The highest BCUT2D eigenvalue weighted by Crippen LogP contribution is 2.40. The van der Waals surface area contributed by atoms with Crippen LogP contribution in [0.15, 0.2) is 17.8 Å². The summed E-state index contributed by atoms with van der Waals surface area (Å²) in [6, 6.07) is 1.28. The van der Waals surface area contributed by atoms with Crippen molar-refractivity contribution in [2.45, 2.75) is 77.8 Å². The molecule has 1 aliphatic heterocycles. The van der Waals surface area contributed by atoms with Gasteiger partial charge in [-0.05, 0) is 38.0 Å². The molecule has 2 fully saturated rings. The number of halogens is 3. The molecule has 42 heavy (non-hydrogen) atoms. The van der Waals surface area contributed by atoms with Gasteiger partial charge in [0.2, 0.25) is 12.3 Å². The van der Waals surface area contributed by atoms with Crippen molar-refractivity contribution >= 4 is 39.6 Å². The van der Waals surface area contributed by atoms with Gasteiger partial charge in [0.25, 0.3) is 0 Å². The van der Waals surface area contributed by atoms with Gasteiger partial charge in [-0.1, -0.05) is 26.7 Å². The lowest BCUT2D eigenvalue weighted by Crippen LogP contribution is -2.33.